The Bertz CT molecular complexity index is 371. The summed E-state index contributed by atoms with van der Waals surface area (Å²) < 4.78 is 12.5. The van der Waals surface area contributed by atoms with Crippen LogP contribution in [0.4, 0.5) is 4.39 Å². The molecule has 0 aliphatic heterocycles. The van der Waals surface area contributed by atoms with Crippen molar-refractivity contribution in [3.63, 3.8) is 0 Å². The number of allylic oxidation sites excluding steroid dienone is 1. The number of benzene rings is 1. The minimum absolute atomic E-state index is 0.314. The third-order valence-corrected chi connectivity index (χ3v) is 1.73. The third-order valence-electron chi connectivity index (χ3n) is 1.73. The van der Waals surface area contributed by atoms with Crippen molar-refractivity contribution < 1.29 is 4.39 Å². The highest BCUT2D eigenvalue weighted by Gasteiger charge is 2.00. The van der Waals surface area contributed by atoms with E-state index in [0.717, 1.165) is 0 Å². The van der Waals surface area contributed by atoms with E-state index in [-0.39, 0.29) is 5.82 Å². The molecule has 1 aromatic carbocycles. The molecule has 0 aliphatic carbocycles. The van der Waals surface area contributed by atoms with E-state index in [9.17, 15) is 4.39 Å². The normalized spacial score (nSPS) is 11.8. The van der Waals surface area contributed by atoms with E-state index < -0.39 is 0 Å². The summed E-state index contributed by atoms with van der Waals surface area (Å²) in [7, 11) is 0. The van der Waals surface area contributed by atoms with Crippen LogP contribution in [0.25, 0.3) is 5.70 Å². The van der Waals surface area contributed by atoms with Gasteiger partial charge in [0, 0.05) is 5.57 Å². The lowest BCUT2D eigenvalue weighted by atomic mass is 10.1. The molecule has 0 spiro atoms. The second-order valence-corrected chi connectivity index (χ2v) is 2.66. The highest BCUT2D eigenvalue weighted by molar-refractivity contribution is 5.68. The number of nitrogens with zero attached hydrogens (tertiary/aromatic N) is 1. The van der Waals surface area contributed by atoms with Gasteiger partial charge in [0.15, 0.2) is 0 Å². The largest absolute Gasteiger partial charge is 0.397 e. The van der Waals surface area contributed by atoms with Crippen molar-refractivity contribution in [1.29, 1.82) is 5.26 Å². The lowest BCUT2D eigenvalue weighted by Crippen LogP contribution is -1.98. The quantitative estimate of drug-likeness (QED) is 0.665. The molecule has 0 aliphatic rings. The number of nitrogens with two attached hydrogens (primary N) is 1. The van der Waals surface area contributed by atoms with Crippen LogP contribution in [-0.2, 0) is 0 Å². The first-order valence-corrected chi connectivity index (χ1v) is 3.77. The summed E-state index contributed by atoms with van der Waals surface area (Å²) in [6.45, 7) is 1.62. The van der Waals surface area contributed by atoms with Crippen LogP contribution in [0.3, 0.4) is 0 Å². The summed E-state index contributed by atoms with van der Waals surface area (Å²) in [5.41, 5.74) is 7.13. The van der Waals surface area contributed by atoms with Gasteiger partial charge in [-0.15, -0.1) is 0 Å². The molecule has 2 N–H and O–H groups in total. The van der Waals surface area contributed by atoms with Crippen LogP contribution >= 0.6 is 0 Å². The SMILES string of the molecule is C/C(C#N)=C(/N)c1ccc(F)cc1. The van der Waals surface area contributed by atoms with Crippen LogP contribution < -0.4 is 5.73 Å². The second kappa shape index (κ2) is 3.72. The molecule has 0 unspecified atom stereocenters. The van der Waals surface area contributed by atoms with E-state index >= 15 is 0 Å². The van der Waals surface area contributed by atoms with Crippen molar-refractivity contribution in [3.05, 3.63) is 41.2 Å². The van der Waals surface area contributed by atoms with Crippen LogP contribution in [0, 0.1) is 17.1 Å². The van der Waals surface area contributed by atoms with E-state index in [1.54, 1.807) is 19.1 Å². The number of nitriles is 1. The minimum Gasteiger partial charge on any atom is -0.397 e. The minimum atomic E-state index is -0.314. The van der Waals surface area contributed by atoms with Crippen LogP contribution in [0.5, 0.6) is 0 Å². The molecule has 0 amide bonds. The van der Waals surface area contributed by atoms with Gasteiger partial charge in [-0.25, -0.2) is 4.39 Å². The Hall–Kier alpha value is -1.82. The van der Waals surface area contributed by atoms with E-state index in [1.165, 1.54) is 12.1 Å². The van der Waals surface area contributed by atoms with Crippen LogP contribution in [0.1, 0.15) is 12.5 Å². The molecular weight excluding hydrogens is 167 g/mol. The van der Waals surface area contributed by atoms with Gasteiger partial charge in [-0.3, -0.25) is 0 Å². The third kappa shape index (κ3) is 2.06. The molecule has 0 heterocycles. The van der Waals surface area contributed by atoms with Gasteiger partial charge in [-0.05, 0) is 36.8 Å². The Kier molecular flexibility index (Phi) is 2.65. The van der Waals surface area contributed by atoms with Gasteiger partial charge in [-0.2, -0.15) is 5.26 Å². The van der Waals surface area contributed by atoms with Gasteiger partial charge < -0.3 is 5.73 Å². The summed E-state index contributed by atoms with van der Waals surface area (Å²) >= 11 is 0. The topological polar surface area (TPSA) is 49.8 Å². The van der Waals surface area contributed by atoms with Gasteiger partial charge >= 0.3 is 0 Å². The average Bonchev–Trinajstić information content (AvgIpc) is 2.17. The predicted octanol–water partition coefficient (Wildman–Crippen LogP) is 2.04. The molecule has 0 bridgehead atoms. The summed E-state index contributed by atoms with van der Waals surface area (Å²) in [6.07, 6.45) is 0. The second-order valence-electron chi connectivity index (χ2n) is 2.66. The highest BCUT2D eigenvalue weighted by atomic mass is 19.1. The molecule has 0 fully saturated rings. The van der Waals surface area contributed by atoms with Crippen molar-refractivity contribution in [3.8, 4) is 6.07 Å². The Balaban J connectivity index is 3.12. The first kappa shape index (κ1) is 9.27. The zero-order valence-corrected chi connectivity index (χ0v) is 7.21. The van der Waals surface area contributed by atoms with Crippen LogP contribution in [0.2, 0.25) is 0 Å². The fraction of sp³-hybridized carbons (Fsp3) is 0.100. The van der Waals surface area contributed by atoms with Crippen molar-refractivity contribution in [2.75, 3.05) is 0 Å². The van der Waals surface area contributed by atoms with E-state index in [2.05, 4.69) is 0 Å². The molecular formula is C10H9FN2. The number of hydrogen-bond acceptors (Lipinski definition) is 2. The van der Waals surface area contributed by atoms with Crippen molar-refractivity contribution in [1.82, 2.24) is 0 Å². The molecule has 0 saturated heterocycles. The summed E-state index contributed by atoms with van der Waals surface area (Å²) in [5, 5.41) is 8.56. The van der Waals surface area contributed by atoms with E-state index in [0.29, 0.717) is 16.8 Å². The first-order chi connectivity index (χ1) is 6.15. The van der Waals surface area contributed by atoms with Gasteiger partial charge in [-0.1, -0.05) is 0 Å². The Labute approximate surface area is 76.1 Å². The molecule has 0 aromatic heterocycles. The van der Waals surface area contributed by atoms with E-state index in [1.807, 2.05) is 6.07 Å². The Morgan fingerprint density at radius 3 is 2.38 bits per heavy atom. The van der Waals surface area contributed by atoms with Crippen molar-refractivity contribution >= 4 is 5.70 Å². The maximum Gasteiger partial charge on any atom is 0.123 e. The molecule has 66 valence electrons. The first-order valence-electron chi connectivity index (χ1n) is 3.77. The predicted molar refractivity (Wildman–Crippen MR) is 48.8 cm³/mol. The molecule has 0 atom stereocenters. The van der Waals surface area contributed by atoms with Gasteiger partial charge in [0.05, 0.1) is 11.8 Å². The lowest BCUT2D eigenvalue weighted by molar-refractivity contribution is 0.627. The van der Waals surface area contributed by atoms with Gasteiger partial charge in [0.2, 0.25) is 0 Å². The number of rotatable bonds is 1. The Morgan fingerprint density at radius 1 is 1.38 bits per heavy atom. The molecule has 13 heavy (non-hydrogen) atoms. The molecule has 1 aromatic rings. The summed E-state index contributed by atoms with van der Waals surface area (Å²) in [5.74, 6) is -0.314. The fourth-order valence-corrected chi connectivity index (χ4v) is 0.906. The fourth-order valence-electron chi connectivity index (χ4n) is 0.906. The highest BCUT2D eigenvalue weighted by Crippen LogP contribution is 2.13. The zero-order chi connectivity index (χ0) is 9.84. The van der Waals surface area contributed by atoms with Gasteiger partial charge in [0.25, 0.3) is 0 Å². The van der Waals surface area contributed by atoms with Crippen LogP contribution in [-0.4, -0.2) is 0 Å². The summed E-state index contributed by atoms with van der Waals surface area (Å²) in [4.78, 5) is 0. The molecule has 3 heteroatoms. The monoisotopic (exact) mass is 176 g/mol. The Morgan fingerprint density at radius 2 is 1.92 bits per heavy atom. The lowest BCUT2D eigenvalue weighted by Gasteiger charge is -2.01. The molecule has 0 radical (unpaired) electrons. The van der Waals surface area contributed by atoms with Gasteiger partial charge in [0.1, 0.15) is 5.82 Å². The average molecular weight is 176 g/mol. The number of halogens is 1. The standard InChI is InChI=1S/C10H9FN2/c1-7(6-12)10(13)8-2-4-9(11)5-3-8/h2-5H,13H2,1H3/b10-7-. The van der Waals surface area contributed by atoms with Crippen molar-refractivity contribution in [2.45, 2.75) is 6.92 Å². The van der Waals surface area contributed by atoms with Crippen LogP contribution in [0.15, 0.2) is 29.8 Å². The van der Waals surface area contributed by atoms with Crippen molar-refractivity contribution in [2.24, 2.45) is 5.73 Å². The zero-order valence-electron chi connectivity index (χ0n) is 7.21. The maximum absolute atomic E-state index is 12.5. The molecule has 0 saturated carbocycles. The number of hydrogen-bond donors (Lipinski definition) is 1. The smallest absolute Gasteiger partial charge is 0.123 e. The molecule has 1 rings (SSSR count). The van der Waals surface area contributed by atoms with E-state index in [4.69, 9.17) is 11.0 Å². The molecule has 2 nitrogen and oxygen atoms in total. The maximum atomic E-state index is 12.5. The summed E-state index contributed by atoms with van der Waals surface area (Å²) in [6, 6.07) is 7.66.